The molecule has 3 rings (SSSR count). The first-order valence-electron chi connectivity index (χ1n) is 7.53. The van der Waals surface area contributed by atoms with Crippen molar-refractivity contribution in [1.82, 2.24) is 14.8 Å². The van der Waals surface area contributed by atoms with Crippen molar-refractivity contribution in [2.45, 2.75) is 35.3 Å². The highest BCUT2D eigenvalue weighted by Crippen LogP contribution is 2.28. The fraction of sp³-hybridized carbons (Fsp3) is 0.400. The van der Waals surface area contributed by atoms with E-state index in [9.17, 15) is 19.8 Å². The van der Waals surface area contributed by atoms with Crippen LogP contribution in [0.5, 0.6) is 0 Å². The average Bonchev–Trinajstić information content (AvgIpc) is 2.90. The molecular weight excluding hydrogens is 350 g/mol. The van der Waals surface area contributed by atoms with Gasteiger partial charge in [0, 0.05) is 5.75 Å². The average molecular weight is 367 g/mol. The lowest BCUT2D eigenvalue weighted by Crippen LogP contribution is -2.40. The lowest BCUT2D eigenvalue weighted by Gasteiger charge is -2.16. The third kappa shape index (κ3) is 3.67. The summed E-state index contributed by atoms with van der Waals surface area (Å²) in [6, 6.07) is 9.40. The monoisotopic (exact) mass is 367 g/mol. The number of aromatic nitrogens is 3. The molecule has 1 aromatic heterocycles. The van der Waals surface area contributed by atoms with Gasteiger partial charge in [-0.1, -0.05) is 42.1 Å². The predicted molar refractivity (Wildman–Crippen MR) is 88.1 cm³/mol. The van der Waals surface area contributed by atoms with Crippen molar-refractivity contribution in [3.63, 3.8) is 0 Å². The van der Waals surface area contributed by atoms with E-state index < -0.39 is 42.4 Å². The third-order valence-electron chi connectivity index (χ3n) is 3.80. The first-order chi connectivity index (χ1) is 12.0. The van der Waals surface area contributed by atoms with Gasteiger partial charge in [0.15, 0.2) is 11.3 Å². The number of nitrogens with one attached hydrogen (secondary N) is 1. The molecule has 9 nitrogen and oxygen atoms in total. The quantitative estimate of drug-likeness (QED) is 0.485. The van der Waals surface area contributed by atoms with Gasteiger partial charge in [0.1, 0.15) is 18.3 Å². The molecule has 134 valence electrons. The maximum atomic E-state index is 12.0. The second kappa shape index (κ2) is 7.50. The maximum absolute atomic E-state index is 12.0. The minimum Gasteiger partial charge on any atom is -0.394 e. The summed E-state index contributed by atoms with van der Waals surface area (Å²) in [4.78, 5) is 26.1. The Morgan fingerprint density at radius 3 is 2.56 bits per heavy atom. The molecule has 1 aliphatic heterocycles. The number of aromatic amines is 1. The van der Waals surface area contributed by atoms with E-state index in [4.69, 9.17) is 9.84 Å². The van der Waals surface area contributed by atoms with Crippen molar-refractivity contribution in [2.24, 2.45) is 0 Å². The van der Waals surface area contributed by atoms with Crippen molar-refractivity contribution in [2.75, 3.05) is 6.61 Å². The molecule has 2 aromatic rings. The molecule has 0 bridgehead atoms. The van der Waals surface area contributed by atoms with Gasteiger partial charge in [-0.2, -0.15) is 9.78 Å². The second-order valence-corrected chi connectivity index (χ2v) is 6.48. The number of ether oxygens (including phenoxy) is 1. The van der Waals surface area contributed by atoms with Gasteiger partial charge in [0.25, 0.3) is 5.56 Å². The largest absolute Gasteiger partial charge is 0.394 e. The van der Waals surface area contributed by atoms with Crippen LogP contribution in [0.3, 0.4) is 0 Å². The summed E-state index contributed by atoms with van der Waals surface area (Å²) >= 11 is 1.13. The highest BCUT2D eigenvalue weighted by molar-refractivity contribution is 7.98. The Labute approximate surface area is 145 Å². The third-order valence-corrected chi connectivity index (χ3v) is 4.82. The fourth-order valence-corrected chi connectivity index (χ4v) is 3.30. The van der Waals surface area contributed by atoms with Crippen LogP contribution in [0, 0.1) is 0 Å². The molecule has 1 aromatic carbocycles. The minimum atomic E-state index is -1.46. The summed E-state index contributed by atoms with van der Waals surface area (Å²) < 4.78 is 6.05. The van der Waals surface area contributed by atoms with E-state index in [2.05, 4.69) is 10.1 Å². The van der Waals surface area contributed by atoms with Gasteiger partial charge < -0.3 is 20.1 Å². The van der Waals surface area contributed by atoms with Gasteiger partial charge in [0.05, 0.1) is 6.61 Å². The van der Waals surface area contributed by atoms with E-state index in [1.807, 2.05) is 30.3 Å². The van der Waals surface area contributed by atoms with Crippen LogP contribution in [0.25, 0.3) is 0 Å². The van der Waals surface area contributed by atoms with Crippen LogP contribution < -0.4 is 11.2 Å². The van der Waals surface area contributed by atoms with Crippen LogP contribution in [-0.4, -0.2) is 55.0 Å². The van der Waals surface area contributed by atoms with Gasteiger partial charge in [-0.25, -0.2) is 4.79 Å². The van der Waals surface area contributed by atoms with Crippen LogP contribution in [-0.2, 0) is 10.5 Å². The molecule has 4 atom stereocenters. The van der Waals surface area contributed by atoms with Crippen molar-refractivity contribution in [1.29, 1.82) is 0 Å². The van der Waals surface area contributed by atoms with Gasteiger partial charge in [-0.15, -0.1) is 0 Å². The molecule has 0 radical (unpaired) electrons. The Bertz CT molecular complexity index is 839. The molecule has 10 heteroatoms. The van der Waals surface area contributed by atoms with E-state index in [-0.39, 0.29) is 5.03 Å². The number of hydrogen-bond donors (Lipinski definition) is 4. The van der Waals surface area contributed by atoms with Crippen LogP contribution in [0.4, 0.5) is 0 Å². The lowest BCUT2D eigenvalue weighted by atomic mass is 10.1. The molecule has 0 spiro atoms. The number of thioether (sulfide) groups is 1. The van der Waals surface area contributed by atoms with E-state index in [1.165, 1.54) is 0 Å². The SMILES string of the molecule is O=c1[nH]c(=O)n([C@@H]2O[C@@H](CO)[C@@H](O)[C@H]2O)nc1SCc1ccccc1. The first-order valence-corrected chi connectivity index (χ1v) is 8.52. The molecule has 2 heterocycles. The molecular formula is C15H17N3O6S. The van der Waals surface area contributed by atoms with Gasteiger partial charge >= 0.3 is 5.69 Å². The van der Waals surface area contributed by atoms with Crippen LogP contribution >= 0.6 is 11.8 Å². The predicted octanol–water partition coefficient (Wildman–Crippen LogP) is -1.16. The van der Waals surface area contributed by atoms with Gasteiger partial charge in [-0.05, 0) is 5.56 Å². The lowest BCUT2D eigenvalue weighted by molar-refractivity contribution is -0.0627. The number of aliphatic hydroxyl groups is 3. The van der Waals surface area contributed by atoms with Crippen LogP contribution in [0.2, 0.25) is 0 Å². The fourth-order valence-electron chi connectivity index (χ4n) is 2.47. The highest BCUT2D eigenvalue weighted by atomic mass is 32.2. The van der Waals surface area contributed by atoms with Crippen molar-refractivity contribution < 1.29 is 20.1 Å². The Balaban J connectivity index is 1.86. The number of rotatable bonds is 5. The molecule has 1 aliphatic rings. The first kappa shape index (κ1) is 17.8. The molecule has 0 unspecified atom stereocenters. The Morgan fingerprint density at radius 1 is 1.20 bits per heavy atom. The summed E-state index contributed by atoms with van der Waals surface area (Å²) in [6.45, 7) is -0.525. The number of nitrogens with zero attached hydrogens (tertiary/aromatic N) is 2. The van der Waals surface area contributed by atoms with Crippen molar-refractivity contribution in [3.05, 3.63) is 56.7 Å². The Kier molecular flexibility index (Phi) is 5.35. The van der Waals surface area contributed by atoms with Gasteiger partial charge in [0.2, 0.25) is 0 Å². The van der Waals surface area contributed by atoms with E-state index >= 15 is 0 Å². The Hall–Kier alpha value is -1.98. The zero-order valence-electron chi connectivity index (χ0n) is 13.0. The summed E-state index contributed by atoms with van der Waals surface area (Å²) in [5.74, 6) is 0.463. The zero-order chi connectivity index (χ0) is 18.0. The number of H-pyrrole nitrogens is 1. The molecule has 0 aliphatic carbocycles. The summed E-state index contributed by atoms with van der Waals surface area (Å²) in [7, 11) is 0. The molecule has 0 amide bonds. The van der Waals surface area contributed by atoms with Crippen LogP contribution in [0.15, 0.2) is 44.9 Å². The molecule has 4 N–H and O–H groups in total. The van der Waals surface area contributed by atoms with Crippen molar-refractivity contribution in [3.8, 4) is 0 Å². The molecule has 1 fully saturated rings. The standard InChI is InChI=1S/C15H17N3O6S/c19-6-9-10(20)11(21)14(24-9)18-15(23)16-12(22)13(17-18)25-7-8-4-2-1-3-5-8/h1-5,9-11,14,19-21H,6-7H2,(H,16,22,23)/t9-,10+,11+,14+/m0/s1. The van der Waals surface area contributed by atoms with Crippen molar-refractivity contribution >= 4 is 11.8 Å². The van der Waals surface area contributed by atoms with Gasteiger partial charge in [-0.3, -0.25) is 9.78 Å². The minimum absolute atomic E-state index is 0.0289. The van der Waals surface area contributed by atoms with E-state index in [0.717, 1.165) is 22.0 Å². The normalized spacial score (nSPS) is 26.0. The number of aliphatic hydroxyl groups excluding tert-OH is 3. The van der Waals surface area contributed by atoms with Crippen LogP contribution in [0.1, 0.15) is 11.8 Å². The van der Waals surface area contributed by atoms with E-state index in [0.29, 0.717) is 5.75 Å². The Morgan fingerprint density at radius 2 is 1.92 bits per heavy atom. The molecule has 0 saturated carbocycles. The summed E-state index contributed by atoms with van der Waals surface area (Å²) in [5, 5.41) is 32.9. The number of benzene rings is 1. The zero-order valence-corrected chi connectivity index (χ0v) is 13.8. The number of hydrogen-bond acceptors (Lipinski definition) is 8. The molecule has 25 heavy (non-hydrogen) atoms. The second-order valence-electron chi connectivity index (χ2n) is 5.51. The van der Waals surface area contributed by atoms with E-state index in [1.54, 1.807) is 0 Å². The highest BCUT2D eigenvalue weighted by Gasteiger charge is 2.44. The maximum Gasteiger partial charge on any atom is 0.347 e. The molecule has 1 saturated heterocycles. The smallest absolute Gasteiger partial charge is 0.347 e. The topological polar surface area (TPSA) is 138 Å². The summed E-state index contributed by atoms with van der Waals surface area (Å²) in [5.41, 5.74) is -0.544. The summed E-state index contributed by atoms with van der Waals surface area (Å²) in [6.07, 6.45) is -5.16.